The van der Waals surface area contributed by atoms with Crippen LogP contribution in [0.3, 0.4) is 0 Å². The number of carbonyl (C=O) groups is 2. The highest BCUT2D eigenvalue weighted by molar-refractivity contribution is 5.90. The lowest BCUT2D eigenvalue weighted by Crippen LogP contribution is -2.20. The molecule has 0 atom stereocenters. The van der Waals surface area contributed by atoms with Gasteiger partial charge in [-0.25, -0.2) is 4.79 Å². The lowest BCUT2D eigenvalue weighted by atomic mass is 10.0. The van der Waals surface area contributed by atoms with Crippen LogP contribution >= 0.6 is 0 Å². The van der Waals surface area contributed by atoms with Crippen LogP contribution in [0.25, 0.3) is 10.8 Å². The molecule has 0 saturated heterocycles. The largest absolute Gasteiger partial charge is 0.483 e. The van der Waals surface area contributed by atoms with Crippen LogP contribution in [-0.4, -0.2) is 23.6 Å². The fourth-order valence-corrected chi connectivity index (χ4v) is 2.91. The highest BCUT2D eigenvalue weighted by Gasteiger charge is 2.12. The van der Waals surface area contributed by atoms with Crippen LogP contribution in [0.15, 0.2) is 54.6 Å². The van der Waals surface area contributed by atoms with Crippen LogP contribution in [0.2, 0.25) is 0 Å². The third kappa shape index (κ3) is 4.17. The van der Waals surface area contributed by atoms with Crippen molar-refractivity contribution in [2.24, 2.45) is 5.73 Å². The molecule has 0 unspecified atom stereocenters. The first-order chi connectivity index (χ1) is 13.0. The Hall–Kier alpha value is -3.54. The zero-order valence-electron chi connectivity index (χ0n) is 14.9. The lowest BCUT2D eigenvalue weighted by Gasteiger charge is -2.16. The molecule has 0 aliphatic carbocycles. The number of benzene rings is 3. The van der Waals surface area contributed by atoms with E-state index in [1.54, 1.807) is 18.2 Å². The second kappa shape index (κ2) is 7.78. The van der Waals surface area contributed by atoms with E-state index >= 15 is 0 Å². The van der Waals surface area contributed by atoms with Crippen molar-refractivity contribution >= 4 is 28.3 Å². The minimum atomic E-state index is -0.978. The average Bonchev–Trinajstić information content (AvgIpc) is 2.65. The monoisotopic (exact) mass is 364 g/mol. The molecule has 3 aromatic rings. The Kier molecular flexibility index (Phi) is 5.26. The van der Waals surface area contributed by atoms with Gasteiger partial charge in [0.25, 0.3) is 5.91 Å². The quantitative estimate of drug-likeness (QED) is 0.597. The van der Waals surface area contributed by atoms with Crippen LogP contribution in [0, 0.1) is 6.92 Å². The smallest absolute Gasteiger partial charge is 0.335 e. The third-order valence-electron chi connectivity index (χ3n) is 4.31. The minimum absolute atomic E-state index is 0.209. The Morgan fingerprint density at radius 2 is 1.89 bits per heavy atom. The van der Waals surface area contributed by atoms with Crippen LogP contribution in [-0.2, 0) is 11.3 Å². The van der Waals surface area contributed by atoms with Gasteiger partial charge in [0.05, 0.1) is 5.56 Å². The molecule has 3 rings (SSSR count). The lowest BCUT2D eigenvalue weighted by molar-refractivity contribution is -0.119. The summed E-state index contributed by atoms with van der Waals surface area (Å²) in [6.07, 6.45) is 0. The first-order valence-corrected chi connectivity index (χ1v) is 8.45. The first kappa shape index (κ1) is 18.3. The molecule has 0 heterocycles. The molecule has 6 nitrogen and oxygen atoms in total. The Balaban J connectivity index is 1.95. The normalized spacial score (nSPS) is 10.6. The van der Waals surface area contributed by atoms with Crippen molar-refractivity contribution in [3.05, 3.63) is 71.3 Å². The molecule has 0 aliphatic rings. The van der Waals surface area contributed by atoms with E-state index in [1.165, 1.54) is 0 Å². The summed E-state index contributed by atoms with van der Waals surface area (Å²) in [7, 11) is 0. The summed E-state index contributed by atoms with van der Waals surface area (Å²) in [5, 5.41) is 14.5. The van der Waals surface area contributed by atoms with E-state index in [4.69, 9.17) is 10.5 Å². The Morgan fingerprint density at radius 1 is 1.11 bits per heavy atom. The van der Waals surface area contributed by atoms with Crippen molar-refractivity contribution in [1.29, 1.82) is 0 Å². The van der Waals surface area contributed by atoms with Crippen LogP contribution in [0.5, 0.6) is 5.75 Å². The Bertz CT molecular complexity index is 1010. The van der Waals surface area contributed by atoms with Crippen LogP contribution in [0.4, 0.5) is 5.69 Å². The Morgan fingerprint density at radius 3 is 2.63 bits per heavy atom. The molecule has 0 fully saturated rings. The number of primary amides is 1. The molecule has 27 heavy (non-hydrogen) atoms. The second-order valence-electron chi connectivity index (χ2n) is 6.21. The second-order valence-corrected chi connectivity index (χ2v) is 6.21. The van der Waals surface area contributed by atoms with Gasteiger partial charge in [0.2, 0.25) is 0 Å². The summed E-state index contributed by atoms with van der Waals surface area (Å²) in [6, 6.07) is 16.5. The van der Waals surface area contributed by atoms with E-state index in [0.717, 1.165) is 27.6 Å². The molecule has 1 amide bonds. The average molecular weight is 364 g/mol. The van der Waals surface area contributed by atoms with Gasteiger partial charge >= 0.3 is 5.97 Å². The van der Waals surface area contributed by atoms with Gasteiger partial charge in [0.15, 0.2) is 6.61 Å². The van der Waals surface area contributed by atoms with Gasteiger partial charge in [-0.3, -0.25) is 4.79 Å². The van der Waals surface area contributed by atoms with Gasteiger partial charge in [-0.05, 0) is 41.5 Å². The predicted octanol–water partition coefficient (Wildman–Crippen LogP) is 3.32. The van der Waals surface area contributed by atoms with E-state index in [9.17, 15) is 14.7 Å². The van der Waals surface area contributed by atoms with Crippen molar-refractivity contribution in [2.45, 2.75) is 13.5 Å². The predicted molar refractivity (Wildman–Crippen MR) is 104 cm³/mol. The van der Waals surface area contributed by atoms with E-state index in [-0.39, 0.29) is 12.2 Å². The number of rotatable bonds is 7. The third-order valence-corrected chi connectivity index (χ3v) is 4.31. The number of anilines is 1. The zero-order chi connectivity index (χ0) is 19.4. The fourth-order valence-electron chi connectivity index (χ4n) is 2.91. The number of ether oxygens (including phenoxy) is 1. The molecule has 138 valence electrons. The number of carboxylic acid groups (broad SMARTS) is 1. The number of nitrogens with two attached hydrogens (primary N) is 1. The summed E-state index contributed by atoms with van der Waals surface area (Å²) in [5.74, 6) is -0.965. The molecule has 0 radical (unpaired) electrons. The number of amides is 1. The number of hydrogen-bond acceptors (Lipinski definition) is 4. The highest BCUT2D eigenvalue weighted by Crippen LogP contribution is 2.29. The summed E-state index contributed by atoms with van der Waals surface area (Å²) in [4.78, 5) is 22.3. The molecule has 0 aromatic heterocycles. The van der Waals surface area contributed by atoms with Crippen LogP contribution < -0.4 is 15.8 Å². The fraction of sp³-hybridized carbons (Fsp3) is 0.143. The number of nitrogens with one attached hydrogen (secondary N) is 1. The SMILES string of the molecule is Cc1ccc(C(=O)O)cc1NCc1c(OCC(N)=O)ccc2ccccc12. The van der Waals surface area contributed by atoms with Crippen molar-refractivity contribution in [3.8, 4) is 5.75 Å². The summed E-state index contributed by atoms with van der Waals surface area (Å²) in [5.41, 5.74) is 7.94. The maximum atomic E-state index is 11.2. The summed E-state index contributed by atoms with van der Waals surface area (Å²) >= 11 is 0. The Labute approximate surface area is 156 Å². The molecule has 0 saturated carbocycles. The molecular formula is C21H20N2O4. The zero-order valence-corrected chi connectivity index (χ0v) is 14.9. The topological polar surface area (TPSA) is 102 Å². The van der Waals surface area contributed by atoms with Gasteiger partial charge in [-0.15, -0.1) is 0 Å². The van der Waals surface area contributed by atoms with Gasteiger partial charge in [0, 0.05) is 17.8 Å². The highest BCUT2D eigenvalue weighted by atomic mass is 16.5. The molecule has 0 aliphatic heterocycles. The molecule has 4 N–H and O–H groups in total. The van der Waals surface area contributed by atoms with E-state index < -0.39 is 11.9 Å². The number of aryl methyl sites for hydroxylation is 1. The standard InChI is InChI=1S/C21H20N2O4/c1-13-6-7-15(21(25)26)10-18(13)23-11-17-16-5-3-2-4-14(16)8-9-19(17)27-12-20(22)24/h2-10,23H,11-12H2,1H3,(H2,22,24)(H,25,26). The number of carbonyl (C=O) groups excluding carboxylic acids is 1. The molecule has 6 heteroatoms. The minimum Gasteiger partial charge on any atom is -0.483 e. The van der Waals surface area contributed by atoms with E-state index in [2.05, 4.69) is 5.32 Å². The number of hydrogen-bond donors (Lipinski definition) is 3. The van der Waals surface area contributed by atoms with Gasteiger partial charge in [0.1, 0.15) is 5.75 Å². The van der Waals surface area contributed by atoms with Gasteiger partial charge in [-0.1, -0.05) is 36.4 Å². The van der Waals surface area contributed by atoms with Crippen molar-refractivity contribution < 1.29 is 19.4 Å². The van der Waals surface area contributed by atoms with Gasteiger partial charge in [-0.2, -0.15) is 0 Å². The summed E-state index contributed by atoms with van der Waals surface area (Å²) in [6.45, 7) is 2.10. The van der Waals surface area contributed by atoms with Crippen molar-refractivity contribution in [2.75, 3.05) is 11.9 Å². The summed E-state index contributed by atoms with van der Waals surface area (Å²) < 4.78 is 5.58. The van der Waals surface area contributed by atoms with Crippen molar-refractivity contribution in [3.63, 3.8) is 0 Å². The number of aromatic carboxylic acids is 1. The first-order valence-electron chi connectivity index (χ1n) is 8.45. The van der Waals surface area contributed by atoms with Gasteiger partial charge < -0.3 is 20.9 Å². The number of carboxylic acids is 1. The molecular weight excluding hydrogens is 344 g/mol. The van der Waals surface area contributed by atoms with E-state index in [0.29, 0.717) is 12.3 Å². The maximum Gasteiger partial charge on any atom is 0.335 e. The maximum absolute atomic E-state index is 11.2. The van der Waals surface area contributed by atoms with E-state index in [1.807, 2.05) is 43.3 Å². The number of fused-ring (bicyclic) bond motifs is 1. The molecule has 0 bridgehead atoms. The molecule has 0 spiro atoms. The van der Waals surface area contributed by atoms with Crippen LogP contribution in [0.1, 0.15) is 21.5 Å². The molecule has 3 aromatic carbocycles. The van der Waals surface area contributed by atoms with Crippen molar-refractivity contribution in [1.82, 2.24) is 0 Å².